The fourth-order valence-corrected chi connectivity index (χ4v) is 2.51. The molecule has 1 fully saturated rings. The van der Waals surface area contributed by atoms with E-state index in [2.05, 4.69) is 18.7 Å². The average molecular weight is 264 g/mol. The lowest BCUT2D eigenvalue weighted by molar-refractivity contribution is -0.0495. The van der Waals surface area contributed by atoms with Gasteiger partial charge in [0.2, 0.25) is 0 Å². The number of hydrogen-bond acceptors (Lipinski definition) is 4. The van der Waals surface area contributed by atoms with Crippen molar-refractivity contribution in [3.8, 4) is 5.75 Å². The highest BCUT2D eigenvalue weighted by molar-refractivity contribution is 5.27. The molecule has 1 aromatic carbocycles. The van der Waals surface area contributed by atoms with Crippen molar-refractivity contribution >= 4 is 0 Å². The molecule has 0 aliphatic carbocycles. The number of phenolic OH excluding ortho intramolecular Hbond substituents is 1. The quantitative estimate of drug-likeness (QED) is 0.862. The average Bonchev–Trinajstić information content (AvgIpc) is 2.39. The molecule has 1 aliphatic rings. The summed E-state index contributed by atoms with van der Waals surface area (Å²) in [6.07, 6.45) is 0.795. The maximum atomic E-state index is 9.47. The van der Waals surface area contributed by atoms with Gasteiger partial charge in [0.05, 0.1) is 12.7 Å². The van der Waals surface area contributed by atoms with E-state index in [-0.39, 0.29) is 17.9 Å². The molecule has 0 spiro atoms. The first-order valence-corrected chi connectivity index (χ1v) is 6.95. The monoisotopic (exact) mass is 264 g/mol. The number of nitrogens with zero attached hydrogens (tertiary/aromatic N) is 1. The molecule has 0 amide bonds. The molecule has 1 heterocycles. The number of nitrogens with two attached hydrogens (primary N) is 1. The molecule has 1 saturated heterocycles. The molecule has 2 unspecified atom stereocenters. The second kappa shape index (κ2) is 6.37. The first-order chi connectivity index (χ1) is 9.06. The van der Waals surface area contributed by atoms with Gasteiger partial charge in [-0.15, -0.1) is 0 Å². The zero-order chi connectivity index (χ0) is 13.8. The van der Waals surface area contributed by atoms with E-state index >= 15 is 0 Å². The zero-order valence-electron chi connectivity index (χ0n) is 11.7. The third kappa shape index (κ3) is 3.93. The standard InChI is InChI=1S/C15H24N2O2/c1-11(2)17-6-7-19-15(10-17)14(16)9-12-4-3-5-13(18)8-12/h3-5,8,11,14-15,18H,6-7,9-10,16H2,1-2H3. The predicted molar refractivity (Wildman–Crippen MR) is 76.2 cm³/mol. The van der Waals surface area contributed by atoms with Crippen molar-refractivity contribution in [1.29, 1.82) is 0 Å². The summed E-state index contributed by atoms with van der Waals surface area (Å²) < 4.78 is 5.79. The molecule has 0 bridgehead atoms. The van der Waals surface area contributed by atoms with Crippen LogP contribution in [0.5, 0.6) is 5.75 Å². The van der Waals surface area contributed by atoms with Gasteiger partial charge in [-0.1, -0.05) is 12.1 Å². The van der Waals surface area contributed by atoms with Gasteiger partial charge in [0, 0.05) is 25.2 Å². The highest BCUT2D eigenvalue weighted by Gasteiger charge is 2.27. The molecule has 1 aliphatic heterocycles. The van der Waals surface area contributed by atoms with Crippen molar-refractivity contribution < 1.29 is 9.84 Å². The topological polar surface area (TPSA) is 58.7 Å². The maximum Gasteiger partial charge on any atom is 0.115 e. The Labute approximate surface area is 115 Å². The van der Waals surface area contributed by atoms with Crippen LogP contribution in [0.2, 0.25) is 0 Å². The predicted octanol–water partition coefficient (Wildman–Crippen LogP) is 1.37. The lowest BCUT2D eigenvalue weighted by atomic mass is 10.0. The first kappa shape index (κ1) is 14.3. The summed E-state index contributed by atoms with van der Waals surface area (Å²) in [4.78, 5) is 2.40. The van der Waals surface area contributed by atoms with Crippen LogP contribution < -0.4 is 5.73 Å². The van der Waals surface area contributed by atoms with Gasteiger partial charge in [0.15, 0.2) is 0 Å². The molecule has 4 heteroatoms. The molecule has 3 N–H and O–H groups in total. The summed E-state index contributed by atoms with van der Waals surface area (Å²) in [5.41, 5.74) is 7.31. The lowest BCUT2D eigenvalue weighted by Gasteiger charge is -2.37. The van der Waals surface area contributed by atoms with Crippen molar-refractivity contribution in [2.75, 3.05) is 19.7 Å². The Balaban J connectivity index is 1.94. The maximum absolute atomic E-state index is 9.47. The third-order valence-corrected chi connectivity index (χ3v) is 3.71. The van der Waals surface area contributed by atoms with Crippen molar-refractivity contribution in [2.24, 2.45) is 5.73 Å². The van der Waals surface area contributed by atoms with E-state index in [0.29, 0.717) is 6.04 Å². The highest BCUT2D eigenvalue weighted by atomic mass is 16.5. The molecule has 0 radical (unpaired) electrons. The molecule has 2 atom stereocenters. The Kier molecular flexibility index (Phi) is 4.80. The number of benzene rings is 1. The Morgan fingerprint density at radius 1 is 1.47 bits per heavy atom. The molecule has 2 rings (SSSR count). The van der Waals surface area contributed by atoms with Crippen LogP contribution in [0.25, 0.3) is 0 Å². The third-order valence-electron chi connectivity index (χ3n) is 3.71. The van der Waals surface area contributed by atoms with Crippen molar-refractivity contribution in [3.63, 3.8) is 0 Å². The van der Waals surface area contributed by atoms with Crippen LogP contribution in [0.4, 0.5) is 0 Å². The van der Waals surface area contributed by atoms with Gasteiger partial charge < -0.3 is 15.6 Å². The second-order valence-corrected chi connectivity index (χ2v) is 5.54. The van der Waals surface area contributed by atoms with E-state index in [1.165, 1.54) is 0 Å². The summed E-state index contributed by atoms with van der Waals surface area (Å²) >= 11 is 0. The fourth-order valence-electron chi connectivity index (χ4n) is 2.51. The summed E-state index contributed by atoms with van der Waals surface area (Å²) in [5.74, 6) is 0.290. The smallest absolute Gasteiger partial charge is 0.115 e. The largest absolute Gasteiger partial charge is 0.508 e. The molecule has 0 saturated carbocycles. The molecule has 1 aromatic rings. The van der Waals surface area contributed by atoms with Gasteiger partial charge in [-0.3, -0.25) is 4.90 Å². The van der Waals surface area contributed by atoms with E-state index in [9.17, 15) is 5.11 Å². The van der Waals surface area contributed by atoms with Gasteiger partial charge in [0.25, 0.3) is 0 Å². The van der Waals surface area contributed by atoms with Crippen LogP contribution >= 0.6 is 0 Å². The van der Waals surface area contributed by atoms with E-state index in [0.717, 1.165) is 31.7 Å². The normalized spacial score (nSPS) is 22.6. The van der Waals surface area contributed by atoms with Gasteiger partial charge >= 0.3 is 0 Å². The lowest BCUT2D eigenvalue weighted by Crippen LogP contribution is -2.53. The molecule has 19 heavy (non-hydrogen) atoms. The Bertz CT molecular complexity index is 409. The van der Waals surface area contributed by atoms with E-state index in [4.69, 9.17) is 10.5 Å². The number of phenols is 1. The van der Waals surface area contributed by atoms with E-state index in [1.807, 2.05) is 12.1 Å². The van der Waals surface area contributed by atoms with E-state index in [1.54, 1.807) is 12.1 Å². The van der Waals surface area contributed by atoms with Crippen LogP contribution in [0, 0.1) is 0 Å². The Hall–Kier alpha value is -1.10. The Morgan fingerprint density at radius 3 is 2.95 bits per heavy atom. The van der Waals surface area contributed by atoms with Crippen LogP contribution in [0.1, 0.15) is 19.4 Å². The number of hydrogen-bond donors (Lipinski definition) is 2. The fraction of sp³-hybridized carbons (Fsp3) is 0.600. The van der Waals surface area contributed by atoms with Crippen LogP contribution in [-0.2, 0) is 11.2 Å². The molecule has 0 aromatic heterocycles. The zero-order valence-corrected chi connectivity index (χ0v) is 11.7. The molecular formula is C15H24N2O2. The summed E-state index contributed by atoms with van der Waals surface area (Å²) in [7, 11) is 0. The summed E-state index contributed by atoms with van der Waals surface area (Å²) in [6.45, 7) is 7.01. The highest BCUT2D eigenvalue weighted by Crippen LogP contribution is 2.16. The molecular weight excluding hydrogens is 240 g/mol. The Morgan fingerprint density at radius 2 is 2.26 bits per heavy atom. The van der Waals surface area contributed by atoms with Crippen LogP contribution in [0.3, 0.4) is 0 Å². The summed E-state index contributed by atoms with van der Waals surface area (Å²) in [6, 6.07) is 7.76. The van der Waals surface area contributed by atoms with Crippen molar-refractivity contribution in [1.82, 2.24) is 4.90 Å². The minimum Gasteiger partial charge on any atom is -0.508 e. The van der Waals surface area contributed by atoms with Crippen molar-refractivity contribution in [2.45, 2.75) is 38.5 Å². The minimum absolute atomic E-state index is 0.0386. The second-order valence-electron chi connectivity index (χ2n) is 5.54. The minimum atomic E-state index is -0.0386. The molecule has 106 valence electrons. The van der Waals surface area contributed by atoms with E-state index < -0.39 is 0 Å². The van der Waals surface area contributed by atoms with Crippen LogP contribution in [0.15, 0.2) is 24.3 Å². The number of rotatable bonds is 4. The number of morpholine rings is 1. The number of ether oxygens (including phenoxy) is 1. The first-order valence-electron chi connectivity index (χ1n) is 6.95. The van der Waals surface area contributed by atoms with Gasteiger partial charge in [-0.25, -0.2) is 0 Å². The van der Waals surface area contributed by atoms with Gasteiger partial charge in [0.1, 0.15) is 5.75 Å². The SMILES string of the molecule is CC(C)N1CCOC(C(N)Cc2cccc(O)c2)C1. The molecule has 4 nitrogen and oxygen atoms in total. The van der Waals surface area contributed by atoms with Crippen molar-refractivity contribution in [3.05, 3.63) is 29.8 Å². The van der Waals surface area contributed by atoms with Gasteiger partial charge in [-0.05, 0) is 38.0 Å². The van der Waals surface area contributed by atoms with Crippen LogP contribution in [-0.4, -0.2) is 47.9 Å². The number of aromatic hydroxyl groups is 1. The van der Waals surface area contributed by atoms with Gasteiger partial charge in [-0.2, -0.15) is 0 Å². The summed E-state index contributed by atoms with van der Waals surface area (Å²) in [5, 5.41) is 9.47.